The predicted octanol–water partition coefficient (Wildman–Crippen LogP) is 5.26. The molecule has 0 unspecified atom stereocenters. The number of ether oxygens (including phenoxy) is 1. The minimum absolute atomic E-state index is 0.138. The van der Waals surface area contributed by atoms with Crippen molar-refractivity contribution in [3.63, 3.8) is 0 Å². The highest BCUT2D eigenvalue weighted by Crippen LogP contribution is 2.32. The van der Waals surface area contributed by atoms with Gasteiger partial charge < -0.3 is 13.6 Å². The number of benzene rings is 1. The molecule has 3 nitrogen and oxygen atoms in total. The smallest absolute Gasteiger partial charge is 0.118 e. The van der Waals surface area contributed by atoms with Crippen LogP contribution in [0, 0.1) is 13.8 Å². The first-order chi connectivity index (χ1) is 11.2. The van der Waals surface area contributed by atoms with Crippen LogP contribution in [0.4, 0.5) is 0 Å². The molecule has 23 heavy (non-hydrogen) atoms. The summed E-state index contributed by atoms with van der Waals surface area (Å²) in [7, 11) is 1.68. The van der Waals surface area contributed by atoms with Gasteiger partial charge in [0.25, 0.3) is 0 Å². The minimum Gasteiger partial charge on any atom is -0.497 e. The zero-order valence-corrected chi connectivity index (χ0v) is 13.8. The Morgan fingerprint density at radius 1 is 0.826 bits per heavy atom. The van der Waals surface area contributed by atoms with Crippen molar-refractivity contribution >= 4 is 0 Å². The summed E-state index contributed by atoms with van der Waals surface area (Å²) in [5.41, 5.74) is 1.28. The molecule has 0 radical (unpaired) electrons. The van der Waals surface area contributed by atoms with Gasteiger partial charge in [0.05, 0.1) is 13.0 Å². The van der Waals surface area contributed by atoms with Crippen molar-refractivity contribution in [2.24, 2.45) is 0 Å². The van der Waals surface area contributed by atoms with E-state index < -0.39 is 0 Å². The van der Waals surface area contributed by atoms with Crippen LogP contribution in [0.15, 0.2) is 57.4 Å². The van der Waals surface area contributed by atoms with Crippen LogP contribution in [0.2, 0.25) is 0 Å². The van der Waals surface area contributed by atoms with E-state index >= 15 is 0 Å². The van der Waals surface area contributed by atoms with Crippen LogP contribution in [-0.4, -0.2) is 7.11 Å². The van der Waals surface area contributed by atoms with Gasteiger partial charge in [-0.3, -0.25) is 0 Å². The van der Waals surface area contributed by atoms with E-state index in [1.807, 2.05) is 50.2 Å². The third kappa shape index (κ3) is 3.67. The van der Waals surface area contributed by atoms with Gasteiger partial charge in [-0.15, -0.1) is 0 Å². The second-order valence-electron chi connectivity index (χ2n) is 5.84. The maximum Gasteiger partial charge on any atom is 0.118 e. The SMILES string of the molecule is COc1ccc(CCC(c2ccc(C)o2)c2ccc(C)o2)cc1. The Hall–Kier alpha value is -2.42. The monoisotopic (exact) mass is 310 g/mol. The molecule has 120 valence electrons. The zero-order chi connectivity index (χ0) is 16.2. The van der Waals surface area contributed by atoms with Crippen molar-refractivity contribution in [1.29, 1.82) is 0 Å². The number of rotatable bonds is 6. The highest BCUT2D eigenvalue weighted by Gasteiger charge is 2.21. The van der Waals surface area contributed by atoms with Gasteiger partial charge >= 0.3 is 0 Å². The molecule has 1 aromatic carbocycles. The molecule has 3 rings (SSSR count). The minimum atomic E-state index is 0.138. The largest absolute Gasteiger partial charge is 0.497 e. The summed E-state index contributed by atoms with van der Waals surface area (Å²) in [6.45, 7) is 3.94. The molecule has 2 aromatic heterocycles. The molecule has 0 amide bonds. The molecule has 0 saturated carbocycles. The van der Waals surface area contributed by atoms with Crippen molar-refractivity contribution in [3.8, 4) is 5.75 Å². The van der Waals surface area contributed by atoms with Gasteiger partial charge in [-0.1, -0.05) is 12.1 Å². The molecule has 0 N–H and O–H groups in total. The molecule has 0 saturated heterocycles. The molecular formula is C20H22O3. The molecule has 2 heterocycles. The van der Waals surface area contributed by atoms with E-state index in [9.17, 15) is 0 Å². The van der Waals surface area contributed by atoms with Gasteiger partial charge in [-0.25, -0.2) is 0 Å². The van der Waals surface area contributed by atoms with Crippen molar-refractivity contribution in [2.45, 2.75) is 32.6 Å². The van der Waals surface area contributed by atoms with E-state index in [1.54, 1.807) is 7.11 Å². The van der Waals surface area contributed by atoms with Crippen LogP contribution in [0.3, 0.4) is 0 Å². The second kappa shape index (κ2) is 6.78. The lowest BCUT2D eigenvalue weighted by Gasteiger charge is -2.12. The summed E-state index contributed by atoms with van der Waals surface area (Å²) in [6.07, 6.45) is 1.89. The summed E-state index contributed by atoms with van der Waals surface area (Å²) in [6, 6.07) is 16.3. The molecule has 3 heteroatoms. The lowest BCUT2D eigenvalue weighted by molar-refractivity contribution is 0.397. The number of hydrogen-bond acceptors (Lipinski definition) is 3. The van der Waals surface area contributed by atoms with E-state index in [0.717, 1.165) is 41.6 Å². The molecule has 0 fully saturated rings. The van der Waals surface area contributed by atoms with Crippen LogP contribution in [-0.2, 0) is 6.42 Å². The molecule has 0 aliphatic carbocycles. The summed E-state index contributed by atoms with van der Waals surface area (Å²) in [4.78, 5) is 0. The van der Waals surface area contributed by atoms with Crippen LogP contribution in [0.5, 0.6) is 5.75 Å². The Balaban J connectivity index is 1.78. The third-order valence-corrected chi connectivity index (χ3v) is 4.09. The van der Waals surface area contributed by atoms with Gasteiger partial charge in [0.2, 0.25) is 0 Å². The third-order valence-electron chi connectivity index (χ3n) is 4.09. The van der Waals surface area contributed by atoms with E-state index in [1.165, 1.54) is 5.56 Å². The van der Waals surface area contributed by atoms with E-state index in [0.29, 0.717) is 0 Å². The number of aryl methyl sites for hydroxylation is 3. The molecule has 3 aromatic rings. The average Bonchev–Trinajstić information content (AvgIpc) is 3.17. The van der Waals surface area contributed by atoms with Gasteiger partial charge in [-0.2, -0.15) is 0 Å². The van der Waals surface area contributed by atoms with Crippen LogP contribution in [0.25, 0.3) is 0 Å². The Morgan fingerprint density at radius 2 is 1.39 bits per heavy atom. The summed E-state index contributed by atoms with van der Waals surface area (Å²) >= 11 is 0. The van der Waals surface area contributed by atoms with Crippen molar-refractivity contribution in [3.05, 3.63) is 77.1 Å². The normalized spacial score (nSPS) is 11.1. The molecule has 0 aliphatic rings. The second-order valence-corrected chi connectivity index (χ2v) is 5.84. The first-order valence-corrected chi connectivity index (χ1v) is 7.91. The lowest BCUT2D eigenvalue weighted by atomic mass is 9.95. The van der Waals surface area contributed by atoms with Gasteiger partial charge in [-0.05, 0) is 68.7 Å². The average molecular weight is 310 g/mol. The lowest BCUT2D eigenvalue weighted by Crippen LogP contribution is -2.01. The quantitative estimate of drug-likeness (QED) is 0.622. The number of hydrogen-bond donors (Lipinski definition) is 0. The molecule has 0 spiro atoms. The van der Waals surface area contributed by atoms with Crippen molar-refractivity contribution in [1.82, 2.24) is 0 Å². The Morgan fingerprint density at radius 3 is 1.83 bits per heavy atom. The first kappa shape index (κ1) is 15.5. The van der Waals surface area contributed by atoms with Crippen molar-refractivity contribution < 1.29 is 13.6 Å². The summed E-state index contributed by atoms with van der Waals surface area (Å²) in [5.74, 6) is 4.80. The molecule has 0 aliphatic heterocycles. The fourth-order valence-electron chi connectivity index (χ4n) is 2.81. The first-order valence-electron chi connectivity index (χ1n) is 7.91. The zero-order valence-electron chi connectivity index (χ0n) is 13.8. The molecule has 0 bridgehead atoms. The molecular weight excluding hydrogens is 288 g/mol. The maximum absolute atomic E-state index is 5.85. The van der Waals surface area contributed by atoms with E-state index in [4.69, 9.17) is 13.6 Å². The topological polar surface area (TPSA) is 35.5 Å². The highest BCUT2D eigenvalue weighted by atomic mass is 16.5. The summed E-state index contributed by atoms with van der Waals surface area (Å²) < 4.78 is 16.9. The Kier molecular flexibility index (Phi) is 4.56. The standard InChI is InChI=1S/C20H22O3/c1-14-4-12-19(22-14)18(20-13-5-15(2)23-20)11-8-16-6-9-17(21-3)10-7-16/h4-7,9-10,12-13,18H,8,11H2,1-3H3. The highest BCUT2D eigenvalue weighted by molar-refractivity contribution is 5.28. The maximum atomic E-state index is 5.85. The van der Waals surface area contributed by atoms with Gasteiger partial charge in [0.15, 0.2) is 0 Å². The Labute approximate surface area is 136 Å². The fraction of sp³-hybridized carbons (Fsp3) is 0.300. The molecule has 0 atom stereocenters. The number of furan rings is 2. The summed E-state index contributed by atoms with van der Waals surface area (Å²) in [5, 5.41) is 0. The van der Waals surface area contributed by atoms with Crippen molar-refractivity contribution in [2.75, 3.05) is 7.11 Å². The predicted molar refractivity (Wildman–Crippen MR) is 90.0 cm³/mol. The van der Waals surface area contributed by atoms with Crippen LogP contribution >= 0.6 is 0 Å². The van der Waals surface area contributed by atoms with E-state index in [-0.39, 0.29) is 5.92 Å². The number of methoxy groups -OCH3 is 1. The van der Waals surface area contributed by atoms with Crippen LogP contribution in [0.1, 0.15) is 40.9 Å². The Bertz CT molecular complexity index is 709. The van der Waals surface area contributed by atoms with E-state index in [2.05, 4.69) is 12.1 Å². The van der Waals surface area contributed by atoms with Gasteiger partial charge in [0.1, 0.15) is 28.8 Å². The van der Waals surface area contributed by atoms with Crippen LogP contribution < -0.4 is 4.74 Å². The van der Waals surface area contributed by atoms with Gasteiger partial charge in [0, 0.05) is 0 Å². The fourth-order valence-corrected chi connectivity index (χ4v) is 2.81.